The monoisotopic (exact) mass is 338 g/mol. The predicted octanol–water partition coefficient (Wildman–Crippen LogP) is 3.78. The summed E-state index contributed by atoms with van der Waals surface area (Å²) in [6.07, 6.45) is 7.15. The molecule has 4 heteroatoms. The van der Waals surface area contributed by atoms with Crippen molar-refractivity contribution < 1.29 is 9.53 Å². The third-order valence-electron chi connectivity index (χ3n) is 4.82. The Balaban J connectivity index is 1.31. The van der Waals surface area contributed by atoms with E-state index in [2.05, 4.69) is 29.2 Å². The summed E-state index contributed by atoms with van der Waals surface area (Å²) >= 11 is 0. The average molecular weight is 338 g/mol. The van der Waals surface area contributed by atoms with Crippen LogP contribution in [-0.2, 0) is 16.1 Å². The van der Waals surface area contributed by atoms with E-state index in [1.165, 1.54) is 11.1 Å². The van der Waals surface area contributed by atoms with Gasteiger partial charge in [-0.15, -0.1) is 0 Å². The van der Waals surface area contributed by atoms with Crippen LogP contribution in [0.25, 0.3) is 0 Å². The van der Waals surface area contributed by atoms with Crippen LogP contribution < -0.4 is 0 Å². The number of ether oxygens (including phenoxy) is 1. The lowest BCUT2D eigenvalue weighted by Crippen LogP contribution is -2.37. The van der Waals surface area contributed by atoms with E-state index in [4.69, 9.17) is 4.74 Å². The molecule has 0 spiro atoms. The van der Waals surface area contributed by atoms with Gasteiger partial charge in [-0.3, -0.25) is 9.78 Å². The Kier molecular flexibility index (Phi) is 6.57. The lowest BCUT2D eigenvalue weighted by atomic mass is 9.90. The molecule has 1 aromatic heterocycles. The number of nitrogens with zero attached hydrogens (tertiary/aromatic N) is 2. The van der Waals surface area contributed by atoms with Crippen molar-refractivity contribution in [3.05, 3.63) is 66.0 Å². The molecule has 1 aromatic carbocycles. The quantitative estimate of drug-likeness (QED) is 0.722. The molecule has 0 aliphatic carbocycles. The van der Waals surface area contributed by atoms with E-state index >= 15 is 0 Å². The lowest BCUT2D eigenvalue weighted by molar-refractivity contribution is -0.132. The fourth-order valence-electron chi connectivity index (χ4n) is 3.35. The average Bonchev–Trinajstić information content (AvgIpc) is 2.69. The molecule has 2 heterocycles. The molecule has 132 valence electrons. The second-order valence-corrected chi connectivity index (χ2v) is 6.58. The van der Waals surface area contributed by atoms with Gasteiger partial charge in [-0.25, -0.2) is 0 Å². The standard InChI is InChI=1S/C21H26N2O2/c24-21(7-4-16-25-17-18-5-2-1-3-6-18)23-14-10-20(11-15-23)19-8-12-22-13-9-19/h1-3,5-6,8-9,12-13,20H,4,7,10-11,14-17H2. The van der Waals surface area contributed by atoms with Crippen LogP contribution in [0.5, 0.6) is 0 Å². The van der Waals surface area contributed by atoms with Crippen molar-refractivity contribution in [1.82, 2.24) is 9.88 Å². The summed E-state index contributed by atoms with van der Waals surface area (Å²) in [4.78, 5) is 18.4. The van der Waals surface area contributed by atoms with Crippen LogP contribution in [-0.4, -0.2) is 35.5 Å². The molecule has 1 fully saturated rings. The van der Waals surface area contributed by atoms with Crippen molar-refractivity contribution in [2.45, 2.75) is 38.2 Å². The molecular weight excluding hydrogens is 312 g/mol. The van der Waals surface area contributed by atoms with Crippen molar-refractivity contribution >= 4 is 5.91 Å². The van der Waals surface area contributed by atoms with Crippen molar-refractivity contribution in [3.63, 3.8) is 0 Å². The number of aromatic nitrogens is 1. The molecule has 0 atom stereocenters. The summed E-state index contributed by atoms with van der Waals surface area (Å²) < 4.78 is 5.66. The molecule has 0 N–H and O–H groups in total. The number of pyridine rings is 1. The molecule has 2 aromatic rings. The Morgan fingerprint density at radius 2 is 1.80 bits per heavy atom. The van der Waals surface area contributed by atoms with Crippen molar-refractivity contribution in [3.8, 4) is 0 Å². The van der Waals surface area contributed by atoms with Gasteiger partial charge < -0.3 is 9.64 Å². The summed E-state index contributed by atoms with van der Waals surface area (Å²) in [5, 5.41) is 0. The molecule has 25 heavy (non-hydrogen) atoms. The largest absolute Gasteiger partial charge is 0.377 e. The third kappa shape index (κ3) is 5.40. The fraction of sp³-hybridized carbons (Fsp3) is 0.429. The number of amides is 1. The van der Waals surface area contributed by atoms with Gasteiger partial charge in [-0.05, 0) is 48.4 Å². The zero-order valence-corrected chi connectivity index (χ0v) is 14.6. The highest BCUT2D eigenvalue weighted by molar-refractivity contribution is 5.76. The van der Waals surface area contributed by atoms with Gasteiger partial charge in [-0.1, -0.05) is 30.3 Å². The Labute approximate surface area is 149 Å². The third-order valence-corrected chi connectivity index (χ3v) is 4.82. The Morgan fingerprint density at radius 1 is 1.08 bits per heavy atom. The first-order chi connectivity index (χ1) is 12.3. The van der Waals surface area contributed by atoms with Gasteiger partial charge >= 0.3 is 0 Å². The van der Waals surface area contributed by atoms with Gasteiger partial charge in [0.05, 0.1) is 6.61 Å². The number of rotatable bonds is 7. The minimum atomic E-state index is 0.261. The molecule has 4 nitrogen and oxygen atoms in total. The van der Waals surface area contributed by atoms with E-state index in [9.17, 15) is 4.79 Å². The van der Waals surface area contributed by atoms with Gasteiger partial charge in [0, 0.05) is 38.5 Å². The van der Waals surface area contributed by atoms with Crippen LogP contribution in [0.1, 0.15) is 42.7 Å². The van der Waals surface area contributed by atoms with E-state index in [1.807, 2.05) is 35.5 Å². The minimum absolute atomic E-state index is 0.261. The lowest BCUT2D eigenvalue weighted by Gasteiger charge is -2.32. The maximum absolute atomic E-state index is 12.3. The molecule has 0 unspecified atom stereocenters. The summed E-state index contributed by atoms with van der Waals surface area (Å²) in [5.41, 5.74) is 2.52. The van der Waals surface area contributed by atoms with Crippen LogP contribution in [0.4, 0.5) is 0 Å². The van der Waals surface area contributed by atoms with Crippen molar-refractivity contribution in [2.75, 3.05) is 19.7 Å². The van der Waals surface area contributed by atoms with E-state index < -0.39 is 0 Å². The molecule has 1 aliphatic heterocycles. The molecule has 3 rings (SSSR count). The van der Waals surface area contributed by atoms with Crippen LogP contribution in [0.15, 0.2) is 54.9 Å². The predicted molar refractivity (Wildman–Crippen MR) is 98.1 cm³/mol. The summed E-state index contributed by atoms with van der Waals surface area (Å²) in [5.74, 6) is 0.817. The number of likely N-dealkylation sites (tertiary alicyclic amines) is 1. The highest BCUT2D eigenvalue weighted by atomic mass is 16.5. The number of carbonyl (C=O) groups excluding carboxylic acids is 1. The summed E-state index contributed by atoms with van der Waals surface area (Å²) in [6, 6.07) is 14.3. The molecule has 1 amide bonds. The first-order valence-corrected chi connectivity index (χ1v) is 9.12. The van der Waals surface area contributed by atoms with Gasteiger partial charge in [0.2, 0.25) is 5.91 Å². The maximum Gasteiger partial charge on any atom is 0.222 e. The second kappa shape index (κ2) is 9.33. The van der Waals surface area contributed by atoms with Crippen molar-refractivity contribution in [2.24, 2.45) is 0 Å². The first kappa shape index (κ1) is 17.6. The molecule has 0 bridgehead atoms. The molecule has 0 radical (unpaired) electrons. The minimum Gasteiger partial charge on any atom is -0.377 e. The molecular formula is C21H26N2O2. The van der Waals surface area contributed by atoms with Gasteiger partial charge in [0.1, 0.15) is 0 Å². The van der Waals surface area contributed by atoms with Crippen LogP contribution in [0, 0.1) is 0 Å². The molecule has 0 saturated carbocycles. The van der Waals surface area contributed by atoms with Crippen molar-refractivity contribution in [1.29, 1.82) is 0 Å². The van der Waals surface area contributed by atoms with E-state index in [0.717, 1.165) is 32.4 Å². The van der Waals surface area contributed by atoms with Gasteiger partial charge in [0.25, 0.3) is 0 Å². The zero-order valence-electron chi connectivity index (χ0n) is 14.6. The number of hydrogen-bond acceptors (Lipinski definition) is 3. The number of carbonyl (C=O) groups is 1. The maximum atomic E-state index is 12.3. The Morgan fingerprint density at radius 3 is 2.52 bits per heavy atom. The van der Waals surface area contributed by atoms with E-state index in [1.54, 1.807) is 0 Å². The van der Waals surface area contributed by atoms with Crippen LogP contribution >= 0.6 is 0 Å². The second-order valence-electron chi connectivity index (χ2n) is 6.58. The first-order valence-electron chi connectivity index (χ1n) is 9.12. The smallest absolute Gasteiger partial charge is 0.222 e. The SMILES string of the molecule is O=C(CCCOCc1ccccc1)N1CCC(c2ccncc2)CC1. The van der Waals surface area contributed by atoms with Gasteiger partial charge in [0.15, 0.2) is 0 Å². The van der Waals surface area contributed by atoms with Crippen LogP contribution in [0.3, 0.4) is 0 Å². The highest BCUT2D eigenvalue weighted by Gasteiger charge is 2.23. The molecule has 1 aliphatic rings. The number of benzene rings is 1. The highest BCUT2D eigenvalue weighted by Crippen LogP contribution is 2.27. The zero-order chi connectivity index (χ0) is 17.3. The topological polar surface area (TPSA) is 42.4 Å². The Bertz CT molecular complexity index is 637. The van der Waals surface area contributed by atoms with E-state index in [-0.39, 0.29) is 5.91 Å². The van der Waals surface area contributed by atoms with Crippen LogP contribution in [0.2, 0.25) is 0 Å². The summed E-state index contributed by atoms with van der Waals surface area (Å²) in [6.45, 7) is 2.97. The van der Waals surface area contributed by atoms with Gasteiger partial charge in [-0.2, -0.15) is 0 Å². The number of hydrogen-bond donors (Lipinski definition) is 0. The normalized spacial score (nSPS) is 15.3. The fourth-order valence-corrected chi connectivity index (χ4v) is 3.35. The summed E-state index contributed by atoms with van der Waals surface area (Å²) in [7, 11) is 0. The van der Waals surface area contributed by atoms with E-state index in [0.29, 0.717) is 25.6 Å². The number of piperidine rings is 1. The Hall–Kier alpha value is -2.20. The molecule has 1 saturated heterocycles.